The molecule has 62 valence electrons. The van der Waals surface area contributed by atoms with Crippen molar-refractivity contribution in [2.75, 3.05) is 0 Å². The van der Waals surface area contributed by atoms with Crippen molar-refractivity contribution in [1.29, 1.82) is 5.26 Å². The molecule has 0 aliphatic rings. The first kappa shape index (κ1) is 8.69. The Hall–Kier alpha value is -1.40. The maximum Gasteiger partial charge on any atom is 0.123 e. The molecule has 1 aromatic carbocycles. The molecule has 0 bridgehead atoms. The molecule has 1 N–H and O–H groups in total. The Bertz CT molecular complexity index is 328. The lowest BCUT2D eigenvalue weighted by Gasteiger charge is -2.05. The quantitative estimate of drug-likeness (QED) is 0.688. The van der Waals surface area contributed by atoms with E-state index in [0.29, 0.717) is 11.1 Å². The van der Waals surface area contributed by atoms with Gasteiger partial charge >= 0.3 is 0 Å². The lowest BCUT2D eigenvalue weighted by molar-refractivity contribution is 0.198. The van der Waals surface area contributed by atoms with Crippen molar-refractivity contribution < 1.29 is 9.50 Å². The predicted octanol–water partition coefficient (Wildman–Crippen LogP) is 1.75. The summed E-state index contributed by atoms with van der Waals surface area (Å²) in [5, 5.41) is 17.7. The third-order valence-electron chi connectivity index (χ3n) is 1.58. The minimum atomic E-state index is -0.810. The summed E-state index contributed by atoms with van der Waals surface area (Å²) in [5.41, 5.74) is 0.643. The van der Waals surface area contributed by atoms with Gasteiger partial charge in [0.2, 0.25) is 0 Å². The second-order valence-corrected chi connectivity index (χ2v) is 2.52. The highest BCUT2D eigenvalue weighted by Gasteiger charge is 2.07. The fourth-order valence-corrected chi connectivity index (χ4v) is 0.981. The fraction of sp³-hybridized carbons (Fsp3) is 0.222. The van der Waals surface area contributed by atoms with Crippen molar-refractivity contribution >= 4 is 0 Å². The van der Waals surface area contributed by atoms with E-state index in [4.69, 9.17) is 10.4 Å². The summed E-state index contributed by atoms with van der Waals surface area (Å²) in [4.78, 5) is 0. The van der Waals surface area contributed by atoms with Gasteiger partial charge in [-0.3, -0.25) is 0 Å². The summed E-state index contributed by atoms with van der Waals surface area (Å²) in [6.07, 6.45) is -0.810. The maximum absolute atomic E-state index is 12.6. The van der Waals surface area contributed by atoms with Gasteiger partial charge in [-0.1, -0.05) is 0 Å². The number of hydrogen-bond donors (Lipinski definition) is 1. The van der Waals surface area contributed by atoms with Gasteiger partial charge in [0.25, 0.3) is 0 Å². The average molecular weight is 165 g/mol. The molecule has 0 aliphatic carbocycles. The van der Waals surface area contributed by atoms with E-state index in [2.05, 4.69) is 0 Å². The Kier molecular flexibility index (Phi) is 2.41. The Morgan fingerprint density at radius 3 is 2.75 bits per heavy atom. The molecule has 0 heterocycles. The molecule has 0 radical (unpaired) electrons. The van der Waals surface area contributed by atoms with Crippen LogP contribution in [0, 0.1) is 17.1 Å². The molecule has 1 atom stereocenters. The Morgan fingerprint density at radius 2 is 2.25 bits per heavy atom. The maximum atomic E-state index is 12.6. The van der Waals surface area contributed by atoms with E-state index in [1.165, 1.54) is 25.1 Å². The van der Waals surface area contributed by atoms with Gasteiger partial charge in [0.05, 0.1) is 17.7 Å². The van der Waals surface area contributed by atoms with Crippen LogP contribution in [-0.4, -0.2) is 5.11 Å². The SMILES string of the molecule is CC(O)c1cc(F)ccc1C#N. The van der Waals surface area contributed by atoms with Gasteiger partial charge in [0.15, 0.2) is 0 Å². The van der Waals surface area contributed by atoms with Gasteiger partial charge < -0.3 is 5.11 Å². The molecule has 0 saturated carbocycles. The molecule has 1 aromatic rings. The average Bonchev–Trinajstić information content (AvgIpc) is 2.04. The van der Waals surface area contributed by atoms with E-state index in [1.807, 2.05) is 6.07 Å². The van der Waals surface area contributed by atoms with Crippen LogP contribution in [0.25, 0.3) is 0 Å². The number of halogens is 1. The highest BCUT2D eigenvalue weighted by Crippen LogP contribution is 2.17. The van der Waals surface area contributed by atoms with Crippen molar-refractivity contribution in [1.82, 2.24) is 0 Å². The van der Waals surface area contributed by atoms with Crippen molar-refractivity contribution in [3.63, 3.8) is 0 Å². The zero-order valence-electron chi connectivity index (χ0n) is 6.58. The molecule has 0 saturated heterocycles. The van der Waals surface area contributed by atoms with Gasteiger partial charge in [0.1, 0.15) is 5.82 Å². The number of rotatable bonds is 1. The van der Waals surface area contributed by atoms with E-state index in [1.54, 1.807) is 0 Å². The molecular formula is C9H8FNO. The molecule has 1 rings (SSSR count). The highest BCUT2D eigenvalue weighted by molar-refractivity contribution is 5.38. The smallest absolute Gasteiger partial charge is 0.123 e. The van der Waals surface area contributed by atoms with Crippen molar-refractivity contribution in [3.05, 3.63) is 35.1 Å². The van der Waals surface area contributed by atoms with Gasteiger partial charge in [-0.2, -0.15) is 5.26 Å². The number of aliphatic hydroxyl groups is 1. The molecule has 0 fully saturated rings. The Morgan fingerprint density at radius 1 is 1.58 bits per heavy atom. The van der Waals surface area contributed by atoms with Crippen LogP contribution in [0.1, 0.15) is 24.2 Å². The summed E-state index contributed by atoms with van der Waals surface area (Å²) in [6.45, 7) is 1.50. The van der Waals surface area contributed by atoms with Crippen LogP contribution in [0.5, 0.6) is 0 Å². The number of nitriles is 1. The van der Waals surface area contributed by atoms with Gasteiger partial charge in [-0.05, 0) is 25.1 Å². The van der Waals surface area contributed by atoms with E-state index >= 15 is 0 Å². The highest BCUT2D eigenvalue weighted by atomic mass is 19.1. The normalized spacial score (nSPS) is 12.2. The molecular weight excluding hydrogens is 157 g/mol. The second kappa shape index (κ2) is 3.33. The zero-order chi connectivity index (χ0) is 9.14. The molecule has 3 heteroatoms. The first-order chi connectivity index (χ1) is 5.65. The second-order valence-electron chi connectivity index (χ2n) is 2.52. The van der Waals surface area contributed by atoms with Crippen molar-refractivity contribution in [2.45, 2.75) is 13.0 Å². The third-order valence-corrected chi connectivity index (χ3v) is 1.58. The van der Waals surface area contributed by atoms with Crippen molar-refractivity contribution in [3.8, 4) is 6.07 Å². The fourth-order valence-electron chi connectivity index (χ4n) is 0.981. The number of benzene rings is 1. The first-order valence-corrected chi connectivity index (χ1v) is 3.52. The molecule has 1 unspecified atom stereocenters. The standard InChI is InChI=1S/C9H8FNO/c1-6(12)9-4-8(10)3-2-7(9)5-11/h2-4,6,12H,1H3. The lowest BCUT2D eigenvalue weighted by Crippen LogP contribution is -1.96. The Labute approximate surface area is 69.9 Å². The number of aliphatic hydroxyl groups excluding tert-OH is 1. The van der Waals surface area contributed by atoms with Crippen LogP contribution in [0.15, 0.2) is 18.2 Å². The van der Waals surface area contributed by atoms with Crippen LogP contribution in [-0.2, 0) is 0 Å². The van der Waals surface area contributed by atoms with Crippen molar-refractivity contribution in [2.24, 2.45) is 0 Å². The van der Waals surface area contributed by atoms with E-state index < -0.39 is 11.9 Å². The van der Waals surface area contributed by atoms with Gasteiger partial charge in [0, 0.05) is 5.56 Å². The van der Waals surface area contributed by atoms with Crippen LogP contribution in [0.3, 0.4) is 0 Å². The largest absolute Gasteiger partial charge is 0.389 e. The molecule has 2 nitrogen and oxygen atoms in total. The van der Waals surface area contributed by atoms with E-state index in [9.17, 15) is 4.39 Å². The van der Waals surface area contributed by atoms with Crippen LogP contribution < -0.4 is 0 Å². The molecule has 0 aromatic heterocycles. The summed E-state index contributed by atoms with van der Waals surface area (Å²) in [5.74, 6) is -0.440. The summed E-state index contributed by atoms with van der Waals surface area (Å²) in [6, 6.07) is 5.60. The summed E-state index contributed by atoms with van der Waals surface area (Å²) >= 11 is 0. The molecule has 0 spiro atoms. The van der Waals surface area contributed by atoms with Crippen LogP contribution in [0.2, 0.25) is 0 Å². The van der Waals surface area contributed by atoms with E-state index in [0.717, 1.165) is 0 Å². The molecule has 0 aliphatic heterocycles. The summed E-state index contributed by atoms with van der Waals surface area (Å²) in [7, 11) is 0. The monoisotopic (exact) mass is 165 g/mol. The summed E-state index contributed by atoms with van der Waals surface area (Å²) < 4.78 is 12.6. The lowest BCUT2D eigenvalue weighted by atomic mass is 10.0. The van der Waals surface area contributed by atoms with Crippen LogP contribution >= 0.6 is 0 Å². The number of nitrogens with zero attached hydrogens (tertiary/aromatic N) is 1. The van der Waals surface area contributed by atoms with Gasteiger partial charge in [-0.25, -0.2) is 4.39 Å². The Balaban J connectivity index is 3.24. The third kappa shape index (κ3) is 1.60. The first-order valence-electron chi connectivity index (χ1n) is 3.52. The molecule has 0 amide bonds. The molecule has 12 heavy (non-hydrogen) atoms. The van der Waals surface area contributed by atoms with Gasteiger partial charge in [-0.15, -0.1) is 0 Å². The number of hydrogen-bond acceptors (Lipinski definition) is 2. The minimum Gasteiger partial charge on any atom is -0.389 e. The van der Waals surface area contributed by atoms with Crippen LogP contribution in [0.4, 0.5) is 4.39 Å². The van der Waals surface area contributed by atoms with E-state index in [-0.39, 0.29) is 0 Å². The predicted molar refractivity (Wildman–Crippen MR) is 41.7 cm³/mol. The topological polar surface area (TPSA) is 44.0 Å². The minimum absolute atomic E-state index is 0.311. The zero-order valence-corrected chi connectivity index (χ0v) is 6.58.